The van der Waals surface area contributed by atoms with Crippen molar-refractivity contribution < 1.29 is 13.2 Å². The number of alkyl halides is 3. The highest BCUT2D eigenvalue weighted by atomic mass is 79.9. The van der Waals surface area contributed by atoms with Gasteiger partial charge in [-0.05, 0) is 58.5 Å². The van der Waals surface area contributed by atoms with Gasteiger partial charge in [0.15, 0.2) is 0 Å². The van der Waals surface area contributed by atoms with Gasteiger partial charge in [-0.25, -0.2) is 0 Å². The standard InChI is InChI=1S/C20H19BrF3N5/c1-29-11-27-28-19(29)18(12-5-6-12)13-3-2-4-15(7-13)25-10-17-16(20(22,23)24)8-14(21)9-26-17/h2-4,7-9,11-12,18,25H,5-6,10H2,1H3/t18-/m0/s1. The second-order valence-corrected chi connectivity index (χ2v) is 8.16. The van der Waals surface area contributed by atoms with Crippen LogP contribution in [0.1, 0.15) is 41.4 Å². The molecule has 1 aromatic carbocycles. The first-order valence-electron chi connectivity index (χ1n) is 9.22. The molecule has 2 heterocycles. The zero-order chi connectivity index (χ0) is 20.6. The van der Waals surface area contributed by atoms with Crippen LogP contribution in [-0.4, -0.2) is 19.7 Å². The lowest BCUT2D eigenvalue weighted by Crippen LogP contribution is -2.14. The summed E-state index contributed by atoms with van der Waals surface area (Å²) in [5.74, 6) is 1.54. The first kappa shape index (κ1) is 19.9. The van der Waals surface area contributed by atoms with E-state index in [1.165, 1.54) is 6.20 Å². The van der Waals surface area contributed by atoms with E-state index in [2.05, 4.69) is 36.4 Å². The molecule has 0 bridgehead atoms. The number of pyridine rings is 1. The predicted molar refractivity (Wildman–Crippen MR) is 106 cm³/mol. The Hall–Kier alpha value is -2.42. The number of halogens is 4. The van der Waals surface area contributed by atoms with Crippen LogP contribution in [0.4, 0.5) is 18.9 Å². The molecule has 0 amide bonds. The van der Waals surface area contributed by atoms with Crippen LogP contribution in [0, 0.1) is 5.92 Å². The first-order valence-corrected chi connectivity index (χ1v) is 10.0. The Morgan fingerprint density at radius 2 is 2.07 bits per heavy atom. The van der Waals surface area contributed by atoms with Crippen molar-refractivity contribution in [2.75, 3.05) is 5.32 Å². The van der Waals surface area contributed by atoms with Gasteiger partial charge in [-0.1, -0.05) is 12.1 Å². The molecule has 29 heavy (non-hydrogen) atoms. The van der Waals surface area contributed by atoms with Crippen LogP contribution in [0.15, 0.2) is 47.3 Å². The molecule has 0 radical (unpaired) electrons. The van der Waals surface area contributed by atoms with Crippen molar-refractivity contribution >= 4 is 21.6 Å². The van der Waals surface area contributed by atoms with Gasteiger partial charge in [0.2, 0.25) is 0 Å². The molecule has 5 nitrogen and oxygen atoms in total. The van der Waals surface area contributed by atoms with E-state index in [1.54, 1.807) is 6.33 Å². The molecule has 1 fully saturated rings. The number of nitrogens with zero attached hydrogens (tertiary/aromatic N) is 4. The molecule has 1 N–H and O–H groups in total. The van der Waals surface area contributed by atoms with Crippen LogP contribution < -0.4 is 5.32 Å². The molecule has 0 unspecified atom stereocenters. The van der Waals surface area contributed by atoms with Crippen molar-refractivity contribution in [3.63, 3.8) is 0 Å². The van der Waals surface area contributed by atoms with Crippen molar-refractivity contribution in [1.82, 2.24) is 19.7 Å². The zero-order valence-electron chi connectivity index (χ0n) is 15.6. The van der Waals surface area contributed by atoms with Crippen LogP contribution in [0.25, 0.3) is 0 Å². The van der Waals surface area contributed by atoms with Gasteiger partial charge in [0.25, 0.3) is 0 Å². The van der Waals surface area contributed by atoms with Gasteiger partial charge in [-0.3, -0.25) is 4.98 Å². The number of hydrogen-bond acceptors (Lipinski definition) is 4. The molecule has 1 aliphatic rings. The Bertz CT molecular complexity index is 1010. The number of aromatic nitrogens is 4. The molecular weight excluding hydrogens is 447 g/mol. The van der Waals surface area contributed by atoms with Crippen molar-refractivity contribution in [3.8, 4) is 0 Å². The smallest absolute Gasteiger partial charge is 0.379 e. The summed E-state index contributed by atoms with van der Waals surface area (Å²) in [5, 5.41) is 11.4. The monoisotopic (exact) mass is 465 g/mol. The molecule has 3 aromatic rings. The molecule has 0 saturated heterocycles. The second-order valence-electron chi connectivity index (χ2n) is 7.24. The Morgan fingerprint density at radius 1 is 1.28 bits per heavy atom. The summed E-state index contributed by atoms with van der Waals surface area (Å²) in [6.45, 7) is -0.0242. The molecule has 4 rings (SSSR count). The molecule has 0 aliphatic heterocycles. The van der Waals surface area contributed by atoms with Crippen LogP contribution in [0.3, 0.4) is 0 Å². The zero-order valence-corrected chi connectivity index (χ0v) is 17.2. The number of benzene rings is 1. The van der Waals surface area contributed by atoms with Gasteiger partial charge in [0.05, 0.1) is 17.8 Å². The van der Waals surface area contributed by atoms with Crippen LogP contribution in [0.2, 0.25) is 0 Å². The van der Waals surface area contributed by atoms with Crippen LogP contribution in [0.5, 0.6) is 0 Å². The summed E-state index contributed by atoms with van der Waals surface area (Å²) < 4.78 is 42.2. The van der Waals surface area contributed by atoms with Gasteiger partial charge in [0, 0.05) is 29.3 Å². The number of anilines is 1. The lowest BCUT2D eigenvalue weighted by molar-refractivity contribution is -0.138. The minimum atomic E-state index is -4.46. The third-order valence-electron chi connectivity index (χ3n) is 5.07. The quantitative estimate of drug-likeness (QED) is 0.547. The molecule has 9 heteroatoms. The van der Waals surface area contributed by atoms with E-state index in [0.29, 0.717) is 10.4 Å². The minimum Gasteiger partial charge on any atom is -0.379 e. The fourth-order valence-corrected chi connectivity index (χ4v) is 3.85. The molecule has 0 spiro atoms. The maximum atomic E-state index is 13.3. The van der Waals surface area contributed by atoms with E-state index < -0.39 is 11.7 Å². The van der Waals surface area contributed by atoms with E-state index in [9.17, 15) is 13.2 Å². The fourth-order valence-electron chi connectivity index (χ4n) is 3.52. The maximum absolute atomic E-state index is 13.3. The summed E-state index contributed by atoms with van der Waals surface area (Å²) in [7, 11) is 1.92. The summed E-state index contributed by atoms with van der Waals surface area (Å²) >= 11 is 3.06. The lowest BCUT2D eigenvalue weighted by atomic mass is 9.93. The summed E-state index contributed by atoms with van der Waals surface area (Å²) in [5.41, 5.74) is 1.03. The minimum absolute atomic E-state index is 0.0242. The van der Waals surface area contributed by atoms with Gasteiger partial charge in [-0.2, -0.15) is 13.2 Å². The first-order chi connectivity index (χ1) is 13.8. The fraction of sp³-hybridized carbons (Fsp3) is 0.350. The molecule has 1 aliphatic carbocycles. The van der Waals surface area contributed by atoms with Crippen LogP contribution in [-0.2, 0) is 19.8 Å². The Morgan fingerprint density at radius 3 is 2.72 bits per heavy atom. The van der Waals surface area contributed by atoms with E-state index in [4.69, 9.17) is 0 Å². The molecule has 2 aromatic heterocycles. The molecule has 152 valence electrons. The maximum Gasteiger partial charge on any atom is 0.418 e. The Labute approximate surface area is 174 Å². The highest BCUT2D eigenvalue weighted by Gasteiger charge is 2.36. The number of rotatable bonds is 6. The normalized spacial score (nSPS) is 15.3. The van der Waals surface area contributed by atoms with E-state index >= 15 is 0 Å². The van der Waals surface area contributed by atoms with Gasteiger partial charge < -0.3 is 9.88 Å². The van der Waals surface area contributed by atoms with Gasteiger partial charge in [0.1, 0.15) is 12.2 Å². The van der Waals surface area contributed by atoms with Crippen molar-refractivity contribution in [3.05, 3.63) is 70.0 Å². The van der Waals surface area contributed by atoms with Crippen molar-refractivity contribution in [2.24, 2.45) is 13.0 Å². The predicted octanol–water partition coefficient (Wildman–Crippen LogP) is 5.15. The summed E-state index contributed by atoms with van der Waals surface area (Å²) in [6, 6.07) is 8.81. The van der Waals surface area contributed by atoms with E-state index in [1.807, 2.05) is 35.9 Å². The highest BCUT2D eigenvalue weighted by molar-refractivity contribution is 9.10. The van der Waals surface area contributed by atoms with Crippen LogP contribution >= 0.6 is 15.9 Å². The second kappa shape index (κ2) is 7.78. The molecular formula is C20H19BrF3N5. The van der Waals surface area contributed by atoms with Gasteiger partial charge >= 0.3 is 6.18 Å². The SMILES string of the molecule is Cn1cnnc1[C@H](c1cccc(NCc2ncc(Br)cc2C(F)(F)F)c1)C1CC1. The van der Waals surface area contributed by atoms with E-state index in [-0.39, 0.29) is 18.2 Å². The number of hydrogen-bond donors (Lipinski definition) is 1. The Balaban J connectivity index is 1.57. The molecule has 1 saturated carbocycles. The van der Waals surface area contributed by atoms with Gasteiger partial charge in [-0.15, -0.1) is 10.2 Å². The summed E-state index contributed by atoms with van der Waals surface area (Å²) in [4.78, 5) is 3.96. The van der Waals surface area contributed by atoms with Crippen molar-refractivity contribution in [1.29, 1.82) is 0 Å². The largest absolute Gasteiger partial charge is 0.418 e. The van der Waals surface area contributed by atoms with E-state index in [0.717, 1.165) is 36.0 Å². The number of nitrogens with one attached hydrogen (secondary N) is 1. The third-order valence-corrected chi connectivity index (χ3v) is 5.50. The average molecular weight is 466 g/mol. The lowest BCUT2D eigenvalue weighted by Gasteiger charge is -2.18. The third kappa shape index (κ3) is 4.44. The molecule has 1 atom stereocenters. The highest BCUT2D eigenvalue weighted by Crippen LogP contribution is 2.46. The number of aryl methyl sites for hydroxylation is 1. The Kier molecular flexibility index (Phi) is 5.33. The topological polar surface area (TPSA) is 55.6 Å². The van der Waals surface area contributed by atoms with Crippen molar-refractivity contribution in [2.45, 2.75) is 31.5 Å². The average Bonchev–Trinajstić information content (AvgIpc) is 3.42. The summed E-state index contributed by atoms with van der Waals surface area (Å²) in [6.07, 6.45) is 0.863.